The highest BCUT2D eigenvalue weighted by atomic mass is 16.4. The predicted molar refractivity (Wildman–Crippen MR) is 51.7 cm³/mol. The van der Waals surface area contributed by atoms with Crippen molar-refractivity contribution in [3.05, 3.63) is 0 Å². The van der Waals surface area contributed by atoms with Crippen molar-refractivity contribution in [2.75, 3.05) is 13.1 Å². The minimum absolute atomic E-state index is 0.249. The fourth-order valence-electron chi connectivity index (χ4n) is 1.72. The Hall–Kier alpha value is -2.08. The van der Waals surface area contributed by atoms with Crippen LogP contribution in [0.5, 0.6) is 0 Å². The largest absolute Gasteiger partial charge is 0.480 e. The predicted octanol–water partition coefficient (Wildman–Crippen LogP) is 0.117. The SMILES string of the molecule is N#CCN(CC#N)C(=O)C1(C(=O)O)CCC1. The Morgan fingerprint density at radius 3 is 2.00 bits per heavy atom. The zero-order valence-electron chi connectivity index (χ0n) is 8.64. The van der Waals surface area contributed by atoms with Crippen molar-refractivity contribution in [3.8, 4) is 12.1 Å². The van der Waals surface area contributed by atoms with E-state index in [0.29, 0.717) is 6.42 Å². The van der Waals surface area contributed by atoms with E-state index < -0.39 is 17.3 Å². The number of aliphatic carboxylic acids is 1. The number of carbonyl (C=O) groups excluding carboxylic acids is 1. The molecule has 1 N–H and O–H groups in total. The first-order valence-corrected chi connectivity index (χ1v) is 4.85. The van der Waals surface area contributed by atoms with Crippen LogP contribution in [-0.2, 0) is 9.59 Å². The highest BCUT2D eigenvalue weighted by Crippen LogP contribution is 2.42. The van der Waals surface area contributed by atoms with Gasteiger partial charge in [0.1, 0.15) is 18.5 Å². The van der Waals surface area contributed by atoms with Gasteiger partial charge in [0.2, 0.25) is 5.91 Å². The number of nitriles is 2. The molecule has 0 aromatic heterocycles. The van der Waals surface area contributed by atoms with Gasteiger partial charge in [-0.05, 0) is 12.8 Å². The third kappa shape index (κ3) is 1.82. The lowest BCUT2D eigenvalue weighted by Crippen LogP contribution is -2.52. The number of carbonyl (C=O) groups is 2. The summed E-state index contributed by atoms with van der Waals surface area (Å²) in [5.41, 5.74) is -1.40. The molecular weight excluding hydrogens is 210 g/mol. The van der Waals surface area contributed by atoms with Crippen LogP contribution in [0, 0.1) is 28.1 Å². The summed E-state index contributed by atoms with van der Waals surface area (Å²) >= 11 is 0. The molecule has 1 aliphatic carbocycles. The Morgan fingerprint density at radius 1 is 1.25 bits per heavy atom. The van der Waals surface area contributed by atoms with Crippen LogP contribution in [0.1, 0.15) is 19.3 Å². The second-order valence-electron chi connectivity index (χ2n) is 3.72. The van der Waals surface area contributed by atoms with Gasteiger partial charge in [-0.3, -0.25) is 9.59 Å². The number of carboxylic acid groups (broad SMARTS) is 1. The third-order valence-electron chi connectivity index (χ3n) is 2.84. The van der Waals surface area contributed by atoms with Crippen LogP contribution in [0.15, 0.2) is 0 Å². The summed E-state index contributed by atoms with van der Waals surface area (Å²) in [6.45, 7) is -0.497. The molecule has 0 saturated heterocycles. The Labute approximate surface area is 92.7 Å². The molecular formula is C10H11N3O3. The quantitative estimate of drug-likeness (QED) is 0.536. The Kier molecular flexibility index (Phi) is 3.47. The highest BCUT2D eigenvalue weighted by molar-refractivity contribution is 6.03. The molecule has 0 atom stereocenters. The van der Waals surface area contributed by atoms with Gasteiger partial charge < -0.3 is 10.0 Å². The summed E-state index contributed by atoms with van der Waals surface area (Å²) in [6.07, 6.45) is 1.26. The van der Waals surface area contributed by atoms with Crippen molar-refractivity contribution >= 4 is 11.9 Å². The fourth-order valence-corrected chi connectivity index (χ4v) is 1.72. The summed E-state index contributed by atoms with van der Waals surface area (Å²) in [4.78, 5) is 23.9. The first-order valence-electron chi connectivity index (χ1n) is 4.85. The lowest BCUT2D eigenvalue weighted by molar-refractivity contribution is -0.166. The van der Waals surface area contributed by atoms with E-state index in [4.69, 9.17) is 15.6 Å². The van der Waals surface area contributed by atoms with Crippen molar-refractivity contribution in [1.82, 2.24) is 4.90 Å². The van der Waals surface area contributed by atoms with Gasteiger partial charge in [-0.25, -0.2) is 0 Å². The van der Waals surface area contributed by atoms with Gasteiger partial charge in [0.25, 0.3) is 0 Å². The number of hydrogen-bond donors (Lipinski definition) is 1. The van der Waals surface area contributed by atoms with Gasteiger partial charge in [0, 0.05) is 0 Å². The number of rotatable bonds is 4. The molecule has 1 amide bonds. The molecule has 0 aromatic rings. The van der Waals surface area contributed by atoms with Gasteiger partial charge in [0.05, 0.1) is 12.1 Å². The maximum absolute atomic E-state index is 11.9. The molecule has 1 saturated carbocycles. The summed E-state index contributed by atoms with van der Waals surface area (Å²) in [7, 11) is 0. The standard InChI is InChI=1S/C10H11N3O3/c11-4-6-13(7-5-12)8(14)10(9(15)16)2-1-3-10/h1-3,6-7H2,(H,15,16). The lowest BCUT2D eigenvalue weighted by Gasteiger charge is -2.38. The maximum Gasteiger partial charge on any atom is 0.319 e. The van der Waals surface area contributed by atoms with Gasteiger partial charge in [-0.2, -0.15) is 10.5 Å². The average Bonchev–Trinajstić information content (AvgIpc) is 2.14. The molecule has 6 nitrogen and oxygen atoms in total. The van der Waals surface area contributed by atoms with Gasteiger partial charge >= 0.3 is 5.97 Å². The van der Waals surface area contributed by atoms with Gasteiger partial charge in [-0.15, -0.1) is 0 Å². The summed E-state index contributed by atoms with van der Waals surface area (Å²) in [6, 6.07) is 3.51. The summed E-state index contributed by atoms with van der Waals surface area (Å²) < 4.78 is 0. The van der Waals surface area contributed by atoms with Gasteiger partial charge in [0.15, 0.2) is 0 Å². The molecule has 0 aliphatic heterocycles. The first-order chi connectivity index (χ1) is 7.58. The molecule has 1 aliphatic rings. The van der Waals surface area contributed by atoms with E-state index in [1.807, 2.05) is 0 Å². The molecule has 0 bridgehead atoms. The fraction of sp³-hybridized carbons (Fsp3) is 0.600. The van der Waals surface area contributed by atoms with Crippen molar-refractivity contribution in [2.45, 2.75) is 19.3 Å². The molecule has 84 valence electrons. The molecule has 16 heavy (non-hydrogen) atoms. The number of carboxylic acids is 1. The van der Waals surface area contributed by atoms with Crippen LogP contribution >= 0.6 is 0 Å². The van der Waals surface area contributed by atoms with Crippen molar-refractivity contribution in [1.29, 1.82) is 10.5 Å². The normalized spacial score (nSPS) is 16.4. The van der Waals surface area contributed by atoms with Crippen LogP contribution in [-0.4, -0.2) is 35.0 Å². The van der Waals surface area contributed by atoms with E-state index in [9.17, 15) is 9.59 Å². The van der Waals surface area contributed by atoms with Crippen molar-refractivity contribution in [3.63, 3.8) is 0 Å². The summed E-state index contributed by atoms with van der Waals surface area (Å²) in [5, 5.41) is 26.0. The molecule has 1 rings (SSSR count). The van der Waals surface area contributed by atoms with E-state index in [1.54, 1.807) is 12.1 Å². The zero-order valence-corrected chi connectivity index (χ0v) is 8.64. The second-order valence-corrected chi connectivity index (χ2v) is 3.72. The molecule has 0 aromatic carbocycles. The maximum atomic E-state index is 11.9. The highest BCUT2D eigenvalue weighted by Gasteiger charge is 2.52. The van der Waals surface area contributed by atoms with Gasteiger partial charge in [-0.1, -0.05) is 6.42 Å². The monoisotopic (exact) mass is 221 g/mol. The van der Waals surface area contributed by atoms with E-state index in [1.165, 1.54) is 0 Å². The first kappa shape index (κ1) is 12.0. The molecule has 1 fully saturated rings. The number of hydrogen-bond acceptors (Lipinski definition) is 4. The molecule has 0 heterocycles. The number of nitrogens with zero attached hydrogens (tertiary/aromatic N) is 3. The molecule has 0 radical (unpaired) electrons. The second kappa shape index (κ2) is 4.63. The Morgan fingerprint density at radius 2 is 1.75 bits per heavy atom. The van der Waals surface area contributed by atoms with Crippen LogP contribution < -0.4 is 0 Å². The van der Waals surface area contributed by atoms with E-state index >= 15 is 0 Å². The number of amides is 1. The Bertz CT molecular complexity index is 371. The minimum atomic E-state index is -1.40. The average molecular weight is 221 g/mol. The van der Waals surface area contributed by atoms with E-state index in [2.05, 4.69) is 0 Å². The summed E-state index contributed by atoms with van der Waals surface area (Å²) in [5.74, 6) is -1.78. The van der Waals surface area contributed by atoms with E-state index in [0.717, 1.165) is 4.90 Å². The molecule has 0 spiro atoms. The van der Waals surface area contributed by atoms with Crippen LogP contribution in [0.3, 0.4) is 0 Å². The molecule has 0 unspecified atom stereocenters. The van der Waals surface area contributed by atoms with E-state index in [-0.39, 0.29) is 25.9 Å². The topological polar surface area (TPSA) is 105 Å². The van der Waals surface area contributed by atoms with Crippen molar-refractivity contribution < 1.29 is 14.7 Å². The third-order valence-corrected chi connectivity index (χ3v) is 2.84. The zero-order chi connectivity index (χ0) is 12.2. The smallest absolute Gasteiger partial charge is 0.319 e. The lowest BCUT2D eigenvalue weighted by atomic mass is 9.67. The van der Waals surface area contributed by atoms with Crippen LogP contribution in [0.2, 0.25) is 0 Å². The molecule has 6 heteroatoms. The minimum Gasteiger partial charge on any atom is -0.480 e. The van der Waals surface area contributed by atoms with Crippen molar-refractivity contribution in [2.24, 2.45) is 5.41 Å². The van der Waals surface area contributed by atoms with Crippen LogP contribution in [0.4, 0.5) is 0 Å². The van der Waals surface area contributed by atoms with Crippen LogP contribution in [0.25, 0.3) is 0 Å². The Balaban J connectivity index is 2.86.